The molecule has 0 unspecified atom stereocenters. The van der Waals surface area contributed by atoms with Gasteiger partial charge in [-0.2, -0.15) is 0 Å². The molecule has 1 aliphatic rings. The smallest absolute Gasteiger partial charge is 0.238 e. The molecule has 0 amide bonds. The Morgan fingerprint density at radius 2 is 1.57 bits per heavy atom. The Hall–Kier alpha value is -2.41. The highest BCUT2D eigenvalue weighted by Crippen LogP contribution is 2.42. The van der Waals surface area contributed by atoms with Crippen molar-refractivity contribution < 1.29 is 13.2 Å². The van der Waals surface area contributed by atoms with Gasteiger partial charge in [0, 0.05) is 23.0 Å². The molecule has 1 saturated carbocycles. The second kappa shape index (κ2) is 7.69. The van der Waals surface area contributed by atoms with Crippen molar-refractivity contribution in [3.8, 4) is 22.5 Å². The average Bonchev–Trinajstić information content (AvgIpc) is 3.51. The van der Waals surface area contributed by atoms with Crippen LogP contribution in [0.5, 0.6) is 0 Å². The molecular formula is C23H23ClN2O3S. The van der Waals surface area contributed by atoms with E-state index in [4.69, 9.17) is 16.7 Å². The van der Waals surface area contributed by atoms with Gasteiger partial charge in [0.05, 0.1) is 16.3 Å². The lowest BCUT2D eigenvalue weighted by Gasteiger charge is -2.13. The van der Waals surface area contributed by atoms with E-state index >= 15 is 0 Å². The van der Waals surface area contributed by atoms with Crippen molar-refractivity contribution in [2.24, 2.45) is 11.1 Å². The third-order valence-corrected chi connectivity index (χ3v) is 6.77. The maximum absolute atomic E-state index is 13.3. The maximum Gasteiger partial charge on any atom is 0.238 e. The molecule has 0 bridgehead atoms. The summed E-state index contributed by atoms with van der Waals surface area (Å²) in [6.45, 7) is 4.67. The minimum Gasteiger partial charge on any atom is -0.340 e. The number of hydrogen-bond donors (Lipinski definition) is 1. The van der Waals surface area contributed by atoms with Crippen LogP contribution in [0.15, 0.2) is 53.4 Å². The van der Waals surface area contributed by atoms with Crippen molar-refractivity contribution in [2.75, 3.05) is 0 Å². The molecule has 156 valence electrons. The summed E-state index contributed by atoms with van der Waals surface area (Å²) in [6, 6.07) is 14.0. The molecule has 2 N–H and O–H groups in total. The molecule has 5 nitrogen and oxygen atoms in total. The van der Waals surface area contributed by atoms with Crippen molar-refractivity contribution in [1.82, 2.24) is 4.57 Å². The van der Waals surface area contributed by atoms with Gasteiger partial charge in [0.1, 0.15) is 0 Å². The summed E-state index contributed by atoms with van der Waals surface area (Å²) in [4.78, 5) is 13.3. The molecule has 4 rings (SSSR count). The number of rotatable bonds is 6. The van der Waals surface area contributed by atoms with Crippen LogP contribution < -0.4 is 5.14 Å². The van der Waals surface area contributed by atoms with Crippen LogP contribution in [-0.2, 0) is 16.6 Å². The number of ketones is 1. The summed E-state index contributed by atoms with van der Waals surface area (Å²) in [7, 11) is -3.78. The van der Waals surface area contributed by atoms with Crippen molar-refractivity contribution in [1.29, 1.82) is 0 Å². The van der Waals surface area contributed by atoms with Gasteiger partial charge in [-0.1, -0.05) is 35.9 Å². The van der Waals surface area contributed by atoms with Crippen molar-refractivity contribution in [2.45, 2.75) is 38.1 Å². The van der Waals surface area contributed by atoms with Crippen LogP contribution in [0.4, 0.5) is 0 Å². The van der Waals surface area contributed by atoms with Crippen LogP contribution in [0.2, 0.25) is 5.02 Å². The topological polar surface area (TPSA) is 82.2 Å². The summed E-state index contributed by atoms with van der Waals surface area (Å²) in [5.41, 5.74) is 5.21. The molecule has 30 heavy (non-hydrogen) atoms. The van der Waals surface area contributed by atoms with Gasteiger partial charge >= 0.3 is 0 Å². The van der Waals surface area contributed by atoms with Gasteiger partial charge in [-0.15, -0.1) is 0 Å². The molecule has 1 aliphatic carbocycles. The molecule has 0 aliphatic heterocycles. The first-order valence-electron chi connectivity index (χ1n) is 9.88. The molecule has 7 heteroatoms. The van der Waals surface area contributed by atoms with Gasteiger partial charge in [-0.3, -0.25) is 4.79 Å². The number of halogens is 1. The van der Waals surface area contributed by atoms with Gasteiger partial charge in [-0.25, -0.2) is 13.6 Å². The fourth-order valence-corrected chi connectivity index (χ4v) is 4.64. The molecule has 0 atom stereocenters. The highest BCUT2D eigenvalue weighted by Gasteiger charge is 2.35. The van der Waals surface area contributed by atoms with Crippen LogP contribution in [-0.4, -0.2) is 18.8 Å². The lowest BCUT2D eigenvalue weighted by Crippen LogP contribution is -2.12. The number of sulfonamides is 1. The highest BCUT2D eigenvalue weighted by atomic mass is 35.5. The Kier molecular flexibility index (Phi) is 5.34. The summed E-state index contributed by atoms with van der Waals surface area (Å²) >= 11 is 6.08. The number of hydrogen-bond acceptors (Lipinski definition) is 3. The largest absolute Gasteiger partial charge is 0.340 e. The van der Waals surface area contributed by atoms with Gasteiger partial charge in [0.2, 0.25) is 10.0 Å². The normalized spacial score (nSPS) is 14.1. The van der Waals surface area contributed by atoms with Gasteiger partial charge < -0.3 is 4.57 Å². The number of nitrogens with two attached hydrogens (primary N) is 1. The lowest BCUT2D eigenvalue weighted by molar-refractivity contribution is 0.0967. The van der Waals surface area contributed by atoms with Crippen LogP contribution in [0.25, 0.3) is 22.5 Å². The molecule has 1 fully saturated rings. The number of benzene rings is 2. The van der Waals surface area contributed by atoms with E-state index in [9.17, 15) is 13.2 Å². The van der Waals surface area contributed by atoms with Crippen LogP contribution in [0.1, 0.15) is 35.7 Å². The maximum atomic E-state index is 13.3. The second-order valence-electron chi connectivity index (χ2n) is 7.66. The zero-order valence-electron chi connectivity index (χ0n) is 16.9. The van der Waals surface area contributed by atoms with Crippen LogP contribution in [0.3, 0.4) is 0 Å². The predicted octanol–water partition coefficient (Wildman–Crippen LogP) is 5.04. The Labute approximate surface area is 181 Å². The van der Waals surface area contributed by atoms with Crippen molar-refractivity contribution in [3.63, 3.8) is 0 Å². The Morgan fingerprint density at radius 1 is 1.03 bits per heavy atom. The van der Waals surface area contributed by atoms with Gasteiger partial charge in [0.25, 0.3) is 0 Å². The summed E-state index contributed by atoms with van der Waals surface area (Å²) in [5.74, 6) is 0.220. The Balaban J connectivity index is 1.97. The number of carbonyl (C=O) groups excluding carboxylic acids is 1. The van der Waals surface area contributed by atoms with Gasteiger partial charge in [-0.05, 0) is 67.6 Å². The summed E-state index contributed by atoms with van der Waals surface area (Å²) < 4.78 is 25.4. The van der Waals surface area contributed by atoms with E-state index in [0.29, 0.717) is 17.1 Å². The number of Topliss-reactive ketones (excluding diaryl/α,β-unsaturated/α-hetero) is 1. The highest BCUT2D eigenvalue weighted by molar-refractivity contribution is 7.89. The summed E-state index contributed by atoms with van der Waals surface area (Å²) in [5, 5.41) is 5.90. The first-order chi connectivity index (χ1) is 14.2. The first kappa shape index (κ1) is 20.8. The van der Waals surface area contributed by atoms with E-state index < -0.39 is 10.0 Å². The Bertz CT molecular complexity index is 1220. The Morgan fingerprint density at radius 3 is 2.07 bits per heavy atom. The molecule has 0 saturated heterocycles. The predicted molar refractivity (Wildman–Crippen MR) is 119 cm³/mol. The molecule has 1 aromatic heterocycles. The average molecular weight is 443 g/mol. The third-order valence-electron chi connectivity index (χ3n) is 5.59. The van der Waals surface area contributed by atoms with E-state index in [1.165, 1.54) is 12.1 Å². The fourth-order valence-electron chi connectivity index (χ4n) is 4.00. The number of primary sulfonamides is 1. The minimum absolute atomic E-state index is 0.0468. The van der Waals surface area contributed by atoms with E-state index in [0.717, 1.165) is 40.9 Å². The lowest BCUT2D eigenvalue weighted by atomic mass is 9.97. The van der Waals surface area contributed by atoms with Crippen LogP contribution in [0, 0.1) is 12.8 Å². The van der Waals surface area contributed by atoms with E-state index in [1.807, 2.05) is 38.1 Å². The zero-order valence-corrected chi connectivity index (χ0v) is 18.4. The molecule has 3 aromatic rings. The van der Waals surface area contributed by atoms with Crippen molar-refractivity contribution in [3.05, 3.63) is 64.7 Å². The van der Waals surface area contributed by atoms with E-state index in [1.54, 1.807) is 12.1 Å². The van der Waals surface area contributed by atoms with Gasteiger partial charge in [0.15, 0.2) is 5.78 Å². The fraction of sp³-hybridized carbons (Fsp3) is 0.261. The molecule has 1 heterocycles. The first-order valence-corrected chi connectivity index (χ1v) is 11.8. The standard InChI is InChI=1S/C23H23ClN2O3S/c1-3-26-21(15-6-10-18(24)11-7-15)14(2)20(23(27)17-4-5-17)22(26)16-8-12-19(13-9-16)30(25,28)29/h6-13,17H,3-5H2,1-2H3,(H2,25,28,29). The quantitative estimate of drug-likeness (QED) is 0.542. The third kappa shape index (κ3) is 3.71. The van der Waals surface area contributed by atoms with E-state index in [-0.39, 0.29) is 16.6 Å². The van der Waals surface area contributed by atoms with Crippen molar-refractivity contribution >= 4 is 27.4 Å². The van der Waals surface area contributed by atoms with Crippen LogP contribution >= 0.6 is 11.6 Å². The molecular weight excluding hydrogens is 420 g/mol. The zero-order chi connectivity index (χ0) is 21.6. The molecule has 0 radical (unpaired) electrons. The minimum atomic E-state index is -3.78. The number of carbonyl (C=O) groups is 1. The summed E-state index contributed by atoms with van der Waals surface area (Å²) in [6.07, 6.45) is 1.82. The molecule has 0 spiro atoms. The molecule has 2 aromatic carbocycles. The number of nitrogens with zero attached hydrogens (tertiary/aromatic N) is 1. The van der Waals surface area contributed by atoms with E-state index in [2.05, 4.69) is 4.57 Å². The number of aromatic nitrogens is 1. The second-order valence-corrected chi connectivity index (χ2v) is 9.65. The monoisotopic (exact) mass is 442 g/mol. The SMILES string of the molecule is CCn1c(-c2ccc(Cl)cc2)c(C)c(C(=O)C2CC2)c1-c1ccc(S(N)(=O)=O)cc1.